The van der Waals surface area contributed by atoms with E-state index in [1.54, 1.807) is 30.3 Å². The van der Waals surface area contributed by atoms with Gasteiger partial charge in [-0.2, -0.15) is 8.42 Å². The van der Waals surface area contributed by atoms with Crippen molar-refractivity contribution < 1.29 is 22.5 Å². The number of aromatic hydroxyl groups is 1. The van der Waals surface area contributed by atoms with Crippen LogP contribution in [0.4, 0.5) is 0 Å². The summed E-state index contributed by atoms with van der Waals surface area (Å²) in [5, 5.41) is 9.47. The van der Waals surface area contributed by atoms with Gasteiger partial charge < -0.3 is 9.52 Å². The van der Waals surface area contributed by atoms with Crippen LogP contribution in [0.1, 0.15) is 0 Å². The van der Waals surface area contributed by atoms with Crippen molar-refractivity contribution in [2.45, 2.75) is 4.90 Å². The SMILES string of the molecule is O=c1c(S(=O)(=O)O)c(-c2ccccc2)oc2cccc(O)c12. The van der Waals surface area contributed by atoms with Gasteiger partial charge in [0.05, 0.1) is 0 Å². The van der Waals surface area contributed by atoms with Crippen molar-refractivity contribution in [2.24, 2.45) is 0 Å². The minimum Gasteiger partial charge on any atom is -0.507 e. The molecule has 0 atom stereocenters. The summed E-state index contributed by atoms with van der Waals surface area (Å²) in [5.74, 6) is -0.693. The summed E-state index contributed by atoms with van der Waals surface area (Å²) in [4.78, 5) is 11.5. The van der Waals surface area contributed by atoms with Gasteiger partial charge in [-0.25, -0.2) is 0 Å². The van der Waals surface area contributed by atoms with Crippen LogP contribution in [-0.2, 0) is 10.1 Å². The number of hydrogen-bond donors (Lipinski definition) is 2. The highest BCUT2D eigenvalue weighted by Gasteiger charge is 2.26. The number of phenols is 1. The minimum atomic E-state index is -4.84. The maximum absolute atomic E-state index is 12.4. The molecule has 0 radical (unpaired) electrons. The molecule has 1 aromatic heterocycles. The van der Waals surface area contributed by atoms with E-state index in [0.29, 0.717) is 5.56 Å². The molecule has 2 aromatic carbocycles. The van der Waals surface area contributed by atoms with E-state index in [0.717, 1.165) is 0 Å². The van der Waals surface area contributed by atoms with Gasteiger partial charge in [0, 0.05) is 5.56 Å². The first-order chi connectivity index (χ1) is 10.4. The number of fused-ring (bicyclic) bond motifs is 1. The van der Waals surface area contributed by atoms with Crippen molar-refractivity contribution >= 4 is 21.1 Å². The van der Waals surface area contributed by atoms with Crippen molar-refractivity contribution in [2.75, 3.05) is 0 Å². The third kappa shape index (κ3) is 2.26. The third-order valence-corrected chi connectivity index (χ3v) is 4.04. The lowest BCUT2D eigenvalue weighted by Crippen LogP contribution is -2.16. The molecule has 0 bridgehead atoms. The van der Waals surface area contributed by atoms with Gasteiger partial charge >= 0.3 is 10.1 Å². The minimum absolute atomic E-state index is 0.0243. The molecule has 2 N–H and O–H groups in total. The van der Waals surface area contributed by atoms with Gasteiger partial charge in [-0.15, -0.1) is 0 Å². The summed E-state index contributed by atoms with van der Waals surface area (Å²) in [6.07, 6.45) is 0. The first-order valence-electron chi connectivity index (χ1n) is 6.21. The molecule has 0 aliphatic carbocycles. The summed E-state index contributed by atoms with van der Waals surface area (Å²) in [7, 11) is -4.84. The van der Waals surface area contributed by atoms with Crippen molar-refractivity contribution in [1.82, 2.24) is 0 Å². The van der Waals surface area contributed by atoms with E-state index in [1.807, 2.05) is 0 Å². The molecule has 6 nitrogen and oxygen atoms in total. The molecular formula is C15H10O6S. The first-order valence-corrected chi connectivity index (χ1v) is 7.65. The Morgan fingerprint density at radius 1 is 0.955 bits per heavy atom. The van der Waals surface area contributed by atoms with Gasteiger partial charge in [0.25, 0.3) is 0 Å². The van der Waals surface area contributed by atoms with Crippen molar-refractivity contribution in [3.8, 4) is 17.1 Å². The van der Waals surface area contributed by atoms with E-state index in [2.05, 4.69) is 0 Å². The molecule has 1 heterocycles. The lowest BCUT2D eigenvalue weighted by Gasteiger charge is -2.08. The molecule has 0 spiro atoms. The van der Waals surface area contributed by atoms with E-state index in [9.17, 15) is 22.9 Å². The summed E-state index contributed by atoms with van der Waals surface area (Å²) in [6, 6.07) is 12.2. The van der Waals surface area contributed by atoms with Crippen LogP contribution in [0.25, 0.3) is 22.3 Å². The number of rotatable bonds is 2. The summed E-state index contributed by atoms with van der Waals surface area (Å²) in [5.41, 5.74) is -0.672. The standard InChI is InChI=1S/C15H10O6S/c16-10-7-4-8-11-12(10)13(17)15(22(18,19)20)14(21-11)9-5-2-1-3-6-9/h1-8,16H,(H,18,19,20). The highest BCUT2D eigenvalue weighted by molar-refractivity contribution is 7.86. The Labute approximate surface area is 125 Å². The van der Waals surface area contributed by atoms with Crippen LogP contribution < -0.4 is 5.43 Å². The van der Waals surface area contributed by atoms with Crippen LogP contribution in [-0.4, -0.2) is 18.1 Å². The maximum atomic E-state index is 12.4. The number of benzene rings is 2. The number of phenolic OH excluding ortho intramolecular Hbond substituents is 1. The molecule has 0 aliphatic rings. The average Bonchev–Trinajstić information content (AvgIpc) is 2.46. The third-order valence-electron chi connectivity index (χ3n) is 3.15. The molecule has 0 saturated heterocycles. The fourth-order valence-electron chi connectivity index (χ4n) is 2.22. The second kappa shape index (κ2) is 4.97. The highest BCUT2D eigenvalue weighted by atomic mass is 32.2. The van der Waals surface area contributed by atoms with Gasteiger partial charge in [0.15, 0.2) is 10.7 Å². The molecule has 0 fully saturated rings. The van der Waals surface area contributed by atoms with E-state index >= 15 is 0 Å². The monoisotopic (exact) mass is 318 g/mol. The van der Waals surface area contributed by atoms with Gasteiger partial charge in [-0.1, -0.05) is 36.4 Å². The largest absolute Gasteiger partial charge is 0.507 e. The van der Waals surface area contributed by atoms with E-state index in [1.165, 1.54) is 18.2 Å². The molecule has 0 amide bonds. The van der Waals surface area contributed by atoms with E-state index < -0.39 is 26.2 Å². The molecule has 0 aliphatic heterocycles. The zero-order chi connectivity index (χ0) is 15.9. The molecule has 7 heteroatoms. The Kier molecular flexibility index (Phi) is 3.23. The number of hydrogen-bond acceptors (Lipinski definition) is 5. The average molecular weight is 318 g/mol. The Bertz CT molecular complexity index is 1020. The van der Waals surface area contributed by atoms with Crippen LogP contribution in [0.15, 0.2) is 62.6 Å². The van der Waals surface area contributed by atoms with Crippen LogP contribution in [0.2, 0.25) is 0 Å². The fraction of sp³-hybridized carbons (Fsp3) is 0. The first kappa shape index (κ1) is 14.3. The van der Waals surface area contributed by atoms with Crippen LogP contribution >= 0.6 is 0 Å². The fourth-order valence-corrected chi connectivity index (χ4v) is 2.95. The molecule has 0 saturated carbocycles. The Morgan fingerprint density at radius 3 is 2.27 bits per heavy atom. The predicted molar refractivity (Wildman–Crippen MR) is 79.4 cm³/mol. The second-order valence-corrected chi connectivity index (χ2v) is 5.94. The second-order valence-electron chi connectivity index (χ2n) is 4.58. The summed E-state index contributed by atoms with van der Waals surface area (Å²) in [6.45, 7) is 0. The predicted octanol–water partition coefficient (Wildman–Crippen LogP) is 2.41. The maximum Gasteiger partial charge on any atom is 0.302 e. The van der Waals surface area contributed by atoms with Crippen molar-refractivity contribution in [3.05, 3.63) is 58.8 Å². The van der Waals surface area contributed by atoms with Gasteiger partial charge in [-0.05, 0) is 12.1 Å². The zero-order valence-corrected chi connectivity index (χ0v) is 11.9. The Morgan fingerprint density at radius 2 is 1.64 bits per heavy atom. The normalized spacial score (nSPS) is 11.7. The molecule has 3 aromatic rings. The van der Waals surface area contributed by atoms with Crippen LogP contribution in [0.3, 0.4) is 0 Å². The smallest absolute Gasteiger partial charge is 0.302 e. The lowest BCUT2D eigenvalue weighted by atomic mass is 10.1. The van der Waals surface area contributed by atoms with Gasteiger partial charge in [0.1, 0.15) is 16.7 Å². The quantitative estimate of drug-likeness (QED) is 0.703. The topological polar surface area (TPSA) is 105 Å². The molecule has 112 valence electrons. The van der Waals surface area contributed by atoms with Crippen LogP contribution in [0.5, 0.6) is 5.75 Å². The zero-order valence-electron chi connectivity index (χ0n) is 11.1. The van der Waals surface area contributed by atoms with Gasteiger partial charge in [-0.3, -0.25) is 9.35 Å². The van der Waals surface area contributed by atoms with Gasteiger partial charge in [0.2, 0.25) is 5.43 Å². The summed E-state index contributed by atoms with van der Waals surface area (Å²) < 4.78 is 38.1. The Hall–Kier alpha value is -2.64. The van der Waals surface area contributed by atoms with Crippen molar-refractivity contribution in [1.29, 1.82) is 0 Å². The van der Waals surface area contributed by atoms with Crippen LogP contribution in [0, 0.1) is 0 Å². The molecular weight excluding hydrogens is 308 g/mol. The van der Waals surface area contributed by atoms with Crippen molar-refractivity contribution in [3.63, 3.8) is 0 Å². The van der Waals surface area contributed by atoms with E-state index in [4.69, 9.17) is 4.42 Å². The molecule has 22 heavy (non-hydrogen) atoms. The Balaban J connectivity index is 2.55. The lowest BCUT2D eigenvalue weighted by molar-refractivity contribution is 0.474. The van der Waals surface area contributed by atoms with E-state index in [-0.39, 0.29) is 16.7 Å². The molecule has 3 rings (SSSR count). The highest BCUT2D eigenvalue weighted by Crippen LogP contribution is 2.31. The summed E-state index contributed by atoms with van der Waals surface area (Å²) >= 11 is 0. The molecule has 0 unspecified atom stereocenters.